The molecule has 2 aromatic heterocycles. The first-order valence-corrected chi connectivity index (χ1v) is 11.2. The average molecular weight is 457 g/mol. The van der Waals surface area contributed by atoms with Crippen LogP contribution >= 0.6 is 0 Å². The van der Waals surface area contributed by atoms with E-state index >= 15 is 0 Å². The van der Waals surface area contributed by atoms with E-state index in [-0.39, 0.29) is 36.2 Å². The summed E-state index contributed by atoms with van der Waals surface area (Å²) in [6.07, 6.45) is 6.24. The van der Waals surface area contributed by atoms with Gasteiger partial charge in [-0.05, 0) is 38.2 Å². The fourth-order valence-corrected chi connectivity index (χ4v) is 4.96. The van der Waals surface area contributed by atoms with Crippen LogP contribution in [0.25, 0.3) is 11.7 Å². The maximum Gasteiger partial charge on any atom is 0.270 e. The molecule has 2 aliphatic heterocycles. The van der Waals surface area contributed by atoms with Crippen molar-refractivity contribution in [2.75, 3.05) is 13.2 Å². The zero-order valence-electron chi connectivity index (χ0n) is 17.9. The molecule has 3 N–H and O–H groups in total. The van der Waals surface area contributed by atoms with Gasteiger partial charge in [-0.15, -0.1) is 0 Å². The van der Waals surface area contributed by atoms with E-state index in [1.54, 1.807) is 11.0 Å². The summed E-state index contributed by atoms with van der Waals surface area (Å²) in [5.74, 6) is -1.87. The van der Waals surface area contributed by atoms with E-state index in [0.717, 1.165) is 28.3 Å². The number of hydrogen-bond acceptors (Lipinski definition) is 6. The van der Waals surface area contributed by atoms with Gasteiger partial charge in [0.1, 0.15) is 11.3 Å². The number of rotatable bonds is 6. The molecule has 6 rings (SSSR count). The van der Waals surface area contributed by atoms with Crippen molar-refractivity contribution in [2.24, 2.45) is 5.73 Å². The Hall–Kier alpha value is -3.21. The highest BCUT2D eigenvalue weighted by Gasteiger charge is 2.45. The quantitative estimate of drug-likeness (QED) is 0.614. The molecule has 2 atom stereocenters. The molecule has 4 aliphatic rings. The van der Waals surface area contributed by atoms with E-state index in [2.05, 4.69) is 5.10 Å². The van der Waals surface area contributed by atoms with Crippen molar-refractivity contribution in [3.05, 3.63) is 33.3 Å². The van der Waals surface area contributed by atoms with Crippen LogP contribution in [0.4, 0.5) is 4.39 Å². The first-order valence-electron chi connectivity index (χ1n) is 11.2. The molecule has 2 saturated heterocycles. The van der Waals surface area contributed by atoms with Crippen molar-refractivity contribution in [2.45, 2.75) is 62.4 Å². The largest absolute Gasteiger partial charge is 0.492 e. The molecule has 33 heavy (non-hydrogen) atoms. The summed E-state index contributed by atoms with van der Waals surface area (Å²) in [7, 11) is 0. The minimum atomic E-state index is -1.56. The predicted molar refractivity (Wildman–Crippen MR) is 114 cm³/mol. The second kappa shape index (κ2) is 6.89. The Labute approximate surface area is 187 Å². The Morgan fingerprint density at radius 2 is 2.09 bits per heavy atom. The molecular weight excluding hydrogens is 433 g/mol. The number of fused-ring (bicyclic) bond motifs is 3. The number of hydrogen-bond donors (Lipinski definition) is 2. The average Bonchev–Trinajstić information content (AvgIpc) is 3.61. The van der Waals surface area contributed by atoms with E-state index < -0.39 is 28.6 Å². The van der Waals surface area contributed by atoms with Crippen LogP contribution < -0.4 is 11.3 Å². The number of carbonyl (C=O) groups is 2. The zero-order valence-corrected chi connectivity index (χ0v) is 17.9. The van der Waals surface area contributed by atoms with E-state index in [9.17, 15) is 23.9 Å². The van der Waals surface area contributed by atoms with Gasteiger partial charge in [-0.3, -0.25) is 19.0 Å². The molecule has 4 heterocycles. The number of likely N-dealkylation sites (tertiary alicyclic amines) is 1. The van der Waals surface area contributed by atoms with Crippen LogP contribution in [0.5, 0.6) is 5.88 Å². The van der Waals surface area contributed by atoms with Crippen LogP contribution in [0.3, 0.4) is 0 Å². The Kier molecular flexibility index (Phi) is 4.26. The SMILES string of the molecule is NC(=O)c1c(O)n2nc(C3CC3)c(/C=C/C(=O)N3C[C@@H]4C[C@H]3CO4)c2n(CC2(F)CC2)c1=O. The van der Waals surface area contributed by atoms with Gasteiger partial charge in [0, 0.05) is 24.1 Å². The number of nitrogens with zero attached hydrogens (tertiary/aromatic N) is 4. The van der Waals surface area contributed by atoms with Crippen LogP contribution in [-0.2, 0) is 16.1 Å². The molecule has 0 spiro atoms. The van der Waals surface area contributed by atoms with Crippen molar-refractivity contribution in [3.8, 4) is 5.88 Å². The van der Waals surface area contributed by atoms with Crippen molar-refractivity contribution in [1.82, 2.24) is 19.1 Å². The summed E-state index contributed by atoms with van der Waals surface area (Å²) in [5.41, 5.74) is 3.51. The van der Waals surface area contributed by atoms with Gasteiger partial charge in [0.15, 0.2) is 5.56 Å². The van der Waals surface area contributed by atoms with E-state index in [0.29, 0.717) is 37.3 Å². The second-order valence-corrected chi connectivity index (χ2v) is 9.58. The van der Waals surface area contributed by atoms with Crippen LogP contribution in [0, 0.1) is 0 Å². The van der Waals surface area contributed by atoms with Crippen molar-refractivity contribution in [1.29, 1.82) is 0 Å². The van der Waals surface area contributed by atoms with Gasteiger partial charge in [-0.2, -0.15) is 9.61 Å². The third-order valence-corrected chi connectivity index (χ3v) is 7.08. The predicted octanol–water partition coefficient (Wildman–Crippen LogP) is 0.693. The fraction of sp³-hybridized carbons (Fsp3) is 0.545. The Morgan fingerprint density at radius 1 is 1.33 bits per heavy atom. The van der Waals surface area contributed by atoms with Crippen LogP contribution in [0.15, 0.2) is 10.9 Å². The van der Waals surface area contributed by atoms with Crippen molar-refractivity contribution in [3.63, 3.8) is 0 Å². The third-order valence-electron chi connectivity index (χ3n) is 7.08. The van der Waals surface area contributed by atoms with Gasteiger partial charge >= 0.3 is 0 Å². The number of amides is 2. The topological polar surface area (TPSA) is 132 Å². The molecule has 2 amide bonds. The number of aromatic nitrogens is 3. The van der Waals surface area contributed by atoms with Gasteiger partial charge in [0.05, 0.1) is 31.0 Å². The van der Waals surface area contributed by atoms with E-state index in [1.807, 2.05) is 0 Å². The lowest BCUT2D eigenvalue weighted by Gasteiger charge is -2.25. The molecule has 10 nitrogen and oxygen atoms in total. The number of nitrogens with two attached hydrogens (primary N) is 1. The lowest BCUT2D eigenvalue weighted by atomic mass is 10.1. The summed E-state index contributed by atoms with van der Waals surface area (Å²) < 4.78 is 22.5. The van der Waals surface area contributed by atoms with Crippen LogP contribution in [0.2, 0.25) is 0 Å². The summed E-state index contributed by atoms with van der Waals surface area (Å²) in [5, 5.41) is 15.1. The van der Waals surface area contributed by atoms with E-state index in [4.69, 9.17) is 10.5 Å². The summed E-state index contributed by atoms with van der Waals surface area (Å²) >= 11 is 0. The number of primary amides is 1. The Morgan fingerprint density at radius 3 is 2.67 bits per heavy atom. The maximum absolute atomic E-state index is 14.8. The van der Waals surface area contributed by atoms with Crippen molar-refractivity contribution >= 4 is 23.5 Å². The molecular formula is C22H24FN5O5. The van der Waals surface area contributed by atoms with Gasteiger partial charge in [0.25, 0.3) is 11.5 Å². The number of carbonyl (C=O) groups excluding carboxylic acids is 2. The highest BCUT2D eigenvalue weighted by Crippen LogP contribution is 2.44. The smallest absolute Gasteiger partial charge is 0.270 e. The molecule has 174 valence electrons. The molecule has 0 unspecified atom stereocenters. The fourth-order valence-electron chi connectivity index (χ4n) is 4.96. The highest BCUT2D eigenvalue weighted by atomic mass is 19.1. The summed E-state index contributed by atoms with van der Waals surface area (Å²) in [4.78, 5) is 39.7. The normalized spacial score (nSPS) is 25.4. The number of alkyl halides is 1. The summed E-state index contributed by atoms with van der Waals surface area (Å²) in [6, 6.07) is 0.0561. The molecule has 2 aliphatic carbocycles. The number of halogens is 1. The van der Waals surface area contributed by atoms with Gasteiger partial charge in [-0.25, -0.2) is 4.39 Å². The van der Waals surface area contributed by atoms with Gasteiger partial charge < -0.3 is 20.5 Å². The van der Waals surface area contributed by atoms with Crippen LogP contribution in [-0.4, -0.2) is 67.0 Å². The molecule has 11 heteroatoms. The van der Waals surface area contributed by atoms with E-state index in [1.165, 1.54) is 6.08 Å². The third kappa shape index (κ3) is 3.25. The maximum atomic E-state index is 14.8. The monoisotopic (exact) mass is 457 g/mol. The number of ether oxygens (including phenoxy) is 1. The zero-order chi connectivity index (χ0) is 23.1. The molecule has 0 radical (unpaired) electrons. The standard InChI is InChI=1S/C22H24FN5O5/c23-22(5-6-22)10-27-19-14(3-4-15(29)26-8-13-7-12(26)9-33-13)17(11-1-2-11)25-28(19)21(32)16(18(24)30)20(27)31/h3-4,11-13,32H,1-2,5-10H2,(H2,24,30)/b4-3+/t12-,13-/m0/s1. The number of aromatic hydroxyl groups is 1. The molecule has 2 saturated carbocycles. The lowest BCUT2D eigenvalue weighted by molar-refractivity contribution is -0.130. The molecule has 0 aromatic carbocycles. The Bertz CT molecular complexity index is 1290. The summed E-state index contributed by atoms with van der Waals surface area (Å²) in [6.45, 7) is 0.778. The molecule has 4 fully saturated rings. The second-order valence-electron chi connectivity index (χ2n) is 9.58. The first kappa shape index (κ1) is 20.4. The van der Waals surface area contributed by atoms with Crippen LogP contribution in [0.1, 0.15) is 59.6 Å². The van der Waals surface area contributed by atoms with Gasteiger partial charge in [0.2, 0.25) is 11.8 Å². The Balaban J connectivity index is 1.50. The van der Waals surface area contributed by atoms with Crippen molar-refractivity contribution < 1.29 is 23.8 Å². The molecule has 2 aromatic rings. The minimum Gasteiger partial charge on any atom is -0.492 e. The molecule has 2 bridgehead atoms. The number of morpholine rings is 1. The minimum absolute atomic E-state index is 0.0561. The first-order chi connectivity index (χ1) is 15.8. The lowest BCUT2D eigenvalue weighted by Crippen LogP contribution is -2.40. The highest BCUT2D eigenvalue weighted by molar-refractivity contribution is 5.96. The van der Waals surface area contributed by atoms with Gasteiger partial charge in [-0.1, -0.05) is 0 Å².